The maximum atomic E-state index is 10.9. The number of rotatable bonds is 3. The minimum atomic E-state index is -1.36. The van der Waals surface area contributed by atoms with Crippen LogP contribution in [0.1, 0.15) is 10.4 Å². The van der Waals surface area contributed by atoms with Crippen molar-refractivity contribution in [1.29, 1.82) is 0 Å². The summed E-state index contributed by atoms with van der Waals surface area (Å²) in [6.07, 6.45) is -1.02. The largest absolute Gasteiger partial charge is 0.513 e. The van der Waals surface area contributed by atoms with Crippen LogP contribution in [-0.2, 0) is 4.74 Å². The number of carboxylic acid groups (broad SMARTS) is 1. The van der Waals surface area contributed by atoms with Gasteiger partial charge in [-0.05, 0) is 0 Å². The summed E-state index contributed by atoms with van der Waals surface area (Å²) in [7, 11) is 2.38. The van der Waals surface area contributed by atoms with E-state index < -0.39 is 23.4 Å². The SMILES string of the molecule is COC(=O)Oc1cc(C(=O)O)c(O)cc1OC. The topological polar surface area (TPSA) is 102 Å². The van der Waals surface area contributed by atoms with E-state index in [4.69, 9.17) is 9.84 Å². The highest BCUT2D eigenvalue weighted by atomic mass is 16.7. The Balaban J connectivity index is 3.21. The van der Waals surface area contributed by atoms with Crippen LogP contribution in [0.2, 0.25) is 0 Å². The van der Waals surface area contributed by atoms with Crippen molar-refractivity contribution in [1.82, 2.24) is 0 Å². The first-order chi connectivity index (χ1) is 7.99. The average molecular weight is 242 g/mol. The fraction of sp³-hybridized carbons (Fsp3) is 0.200. The zero-order chi connectivity index (χ0) is 13.0. The molecule has 1 aromatic rings. The van der Waals surface area contributed by atoms with Crippen molar-refractivity contribution in [3.05, 3.63) is 17.7 Å². The van der Waals surface area contributed by atoms with Crippen molar-refractivity contribution >= 4 is 12.1 Å². The summed E-state index contributed by atoms with van der Waals surface area (Å²) in [5.41, 5.74) is -0.412. The molecule has 0 aliphatic rings. The van der Waals surface area contributed by atoms with Crippen molar-refractivity contribution in [2.75, 3.05) is 14.2 Å². The minimum absolute atomic E-state index is 0.0119. The second kappa shape index (κ2) is 5.06. The van der Waals surface area contributed by atoms with Crippen LogP contribution in [0.25, 0.3) is 0 Å². The normalized spacial score (nSPS) is 9.53. The van der Waals surface area contributed by atoms with Gasteiger partial charge in [0.1, 0.15) is 11.3 Å². The van der Waals surface area contributed by atoms with Gasteiger partial charge in [0.05, 0.1) is 14.2 Å². The zero-order valence-corrected chi connectivity index (χ0v) is 9.09. The summed E-state index contributed by atoms with van der Waals surface area (Å²) in [5.74, 6) is -2.00. The molecule has 0 aliphatic carbocycles. The van der Waals surface area contributed by atoms with Crippen LogP contribution in [-0.4, -0.2) is 36.6 Å². The van der Waals surface area contributed by atoms with Crippen LogP contribution in [0.3, 0.4) is 0 Å². The molecule has 0 amide bonds. The van der Waals surface area contributed by atoms with Gasteiger partial charge in [-0.15, -0.1) is 0 Å². The predicted octanol–water partition coefficient (Wildman–Crippen LogP) is 1.24. The number of benzene rings is 1. The molecular weight excluding hydrogens is 232 g/mol. The first kappa shape index (κ1) is 12.6. The Hall–Kier alpha value is -2.44. The van der Waals surface area contributed by atoms with E-state index in [0.29, 0.717) is 0 Å². The maximum absolute atomic E-state index is 10.9. The van der Waals surface area contributed by atoms with Crippen molar-refractivity contribution in [2.24, 2.45) is 0 Å². The molecule has 0 saturated heterocycles. The van der Waals surface area contributed by atoms with Gasteiger partial charge in [0.2, 0.25) is 0 Å². The Morgan fingerprint density at radius 3 is 2.29 bits per heavy atom. The summed E-state index contributed by atoms with van der Waals surface area (Å²) in [6, 6.07) is 2.00. The van der Waals surface area contributed by atoms with E-state index in [1.54, 1.807) is 0 Å². The highest BCUT2D eigenvalue weighted by Gasteiger charge is 2.18. The molecule has 0 saturated carbocycles. The highest BCUT2D eigenvalue weighted by Crippen LogP contribution is 2.34. The van der Waals surface area contributed by atoms with E-state index in [9.17, 15) is 14.7 Å². The molecular formula is C10H10O7. The predicted molar refractivity (Wildman–Crippen MR) is 54.7 cm³/mol. The molecule has 0 spiro atoms. The number of carbonyl (C=O) groups excluding carboxylic acids is 1. The van der Waals surface area contributed by atoms with Crippen LogP contribution in [0, 0.1) is 0 Å². The molecule has 7 heteroatoms. The number of carbonyl (C=O) groups is 2. The lowest BCUT2D eigenvalue weighted by Crippen LogP contribution is -2.09. The van der Waals surface area contributed by atoms with Crippen molar-refractivity contribution < 1.29 is 34.0 Å². The molecule has 0 aromatic heterocycles. The molecule has 7 nitrogen and oxygen atoms in total. The quantitative estimate of drug-likeness (QED) is 0.607. The average Bonchev–Trinajstić information content (AvgIpc) is 2.30. The lowest BCUT2D eigenvalue weighted by molar-refractivity contribution is 0.0692. The van der Waals surface area contributed by atoms with Gasteiger partial charge in [-0.3, -0.25) is 0 Å². The minimum Gasteiger partial charge on any atom is -0.507 e. The number of hydrogen-bond acceptors (Lipinski definition) is 6. The third-order valence-electron chi connectivity index (χ3n) is 1.87. The van der Waals surface area contributed by atoms with Gasteiger partial charge in [-0.25, -0.2) is 9.59 Å². The Labute approximate surface area is 96.1 Å². The maximum Gasteiger partial charge on any atom is 0.513 e. The molecule has 92 valence electrons. The summed E-state index contributed by atoms with van der Waals surface area (Å²) in [6.45, 7) is 0. The van der Waals surface area contributed by atoms with Crippen LogP contribution in [0.4, 0.5) is 4.79 Å². The van der Waals surface area contributed by atoms with E-state index in [1.165, 1.54) is 7.11 Å². The monoisotopic (exact) mass is 242 g/mol. The molecule has 0 atom stereocenters. The lowest BCUT2D eigenvalue weighted by atomic mass is 10.2. The molecule has 0 radical (unpaired) electrons. The van der Waals surface area contributed by atoms with E-state index in [0.717, 1.165) is 19.2 Å². The molecule has 0 fully saturated rings. The molecule has 0 heterocycles. The third kappa shape index (κ3) is 2.77. The molecule has 17 heavy (non-hydrogen) atoms. The molecule has 0 aliphatic heterocycles. The van der Waals surface area contributed by atoms with E-state index >= 15 is 0 Å². The van der Waals surface area contributed by atoms with Gasteiger partial charge in [0.15, 0.2) is 11.5 Å². The van der Waals surface area contributed by atoms with Crippen LogP contribution < -0.4 is 9.47 Å². The second-order valence-electron chi connectivity index (χ2n) is 2.88. The number of aromatic carboxylic acids is 1. The number of hydrogen-bond donors (Lipinski definition) is 2. The smallest absolute Gasteiger partial charge is 0.507 e. The van der Waals surface area contributed by atoms with Gasteiger partial charge in [0.25, 0.3) is 0 Å². The number of methoxy groups -OCH3 is 2. The van der Waals surface area contributed by atoms with Crippen molar-refractivity contribution in [2.45, 2.75) is 0 Å². The Morgan fingerprint density at radius 2 is 1.82 bits per heavy atom. The van der Waals surface area contributed by atoms with Crippen molar-refractivity contribution in [3.63, 3.8) is 0 Å². The van der Waals surface area contributed by atoms with E-state index in [-0.39, 0.29) is 11.5 Å². The summed E-state index contributed by atoms with van der Waals surface area (Å²) < 4.78 is 13.7. The summed E-state index contributed by atoms with van der Waals surface area (Å²) in [5, 5.41) is 18.1. The van der Waals surface area contributed by atoms with Gasteiger partial charge in [0, 0.05) is 12.1 Å². The van der Waals surface area contributed by atoms with Gasteiger partial charge in [-0.2, -0.15) is 0 Å². The second-order valence-corrected chi connectivity index (χ2v) is 2.88. The Bertz CT molecular complexity index is 452. The van der Waals surface area contributed by atoms with Gasteiger partial charge in [-0.1, -0.05) is 0 Å². The van der Waals surface area contributed by atoms with E-state index in [2.05, 4.69) is 9.47 Å². The van der Waals surface area contributed by atoms with Gasteiger partial charge >= 0.3 is 12.1 Å². The number of ether oxygens (including phenoxy) is 3. The number of carboxylic acids is 1. The van der Waals surface area contributed by atoms with Gasteiger partial charge < -0.3 is 24.4 Å². The van der Waals surface area contributed by atoms with Crippen LogP contribution >= 0.6 is 0 Å². The number of aromatic hydroxyl groups is 1. The Kier molecular flexibility index (Phi) is 3.76. The van der Waals surface area contributed by atoms with Crippen LogP contribution in [0.5, 0.6) is 17.2 Å². The lowest BCUT2D eigenvalue weighted by Gasteiger charge is -2.10. The molecule has 2 N–H and O–H groups in total. The zero-order valence-electron chi connectivity index (χ0n) is 9.09. The molecule has 1 rings (SSSR count). The van der Waals surface area contributed by atoms with Crippen molar-refractivity contribution in [3.8, 4) is 17.2 Å². The fourth-order valence-corrected chi connectivity index (χ4v) is 1.09. The molecule has 0 unspecified atom stereocenters. The number of phenols is 1. The molecule has 1 aromatic carbocycles. The fourth-order valence-electron chi connectivity index (χ4n) is 1.09. The van der Waals surface area contributed by atoms with E-state index in [1.807, 2.05) is 0 Å². The first-order valence-electron chi connectivity index (χ1n) is 4.39. The standard InChI is InChI=1S/C10H10O7/c1-15-7-4-6(11)5(9(12)13)3-8(7)17-10(14)16-2/h3-4,11H,1-2H3,(H,12,13). The summed E-state index contributed by atoms with van der Waals surface area (Å²) >= 11 is 0. The Morgan fingerprint density at radius 1 is 1.18 bits per heavy atom. The highest BCUT2D eigenvalue weighted by molar-refractivity contribution is 5.92. The first-order valence-corrected chi connectivity index (χ1v) is 4.39. The third-order valence-corrected chi connectivity index (χ3v) is 1.87. The summed E-state index contributed by atoms with van der Waals surface area (Å²) in [4.78, 5) is 21.7. The molecule has 0 bridgehead atoms. The van der Waals surface area contributed by atoms with Crippen LogP contribution in [0.15, 0.2) is 12.1 Å².